The molecule has 2 amide bonds. The molecule has 3 aromatic rings. The van der Waals surface area contributed by atoms with E-state index in [1.165, 1.54) is 16.1 Å². The van der Waals surface area contributed by atoms with Crippen molar-refractivity contribution in [3.05, 3.63) is 95.1 Å². The third-order valence-corrected chi connectivity index (χ3v) is 6.27. The zero-order valence-electron chi connectivity index (χ0n) is 19.1. The zero-order chi connectivity index (χ0) is 23.9. The molecule has 3 aromatic carbocycles. The molecule has 0 spiro atoms. The number of hydrogen-bond acceptors (Lipinski definition) is 5. The van der Waals surface area contributed by atoms with Crippen LogP contribution in [0, 0.1) is 6.92 Å². The predicted octanol–water partition coefficient (Wildman–Crippen LogP) is 4.78. The second-order valence-corrected chi connectivity index (χ2v) is 8.88. The van der Waals surface area contributed by atoms with Crippen LogP contribution in [0.2, 0.25) is 0 Å². The Hall–Kier alpha value is -3.71. The second-order valence-electron chi connectivity index (χ2n) is 7.77. The van der Waals surface area contributed by atoms with Crippen LogP contribution in [0.15, 0.2) is 78.4 Å². The molecule has 0 atom stereocenters. The van der Waals surface area contributed by atoms with Crippen LogP contribution < -0.4 is 19.9 Å². The van der Waals surface area contributed by atoms with Gasteiger partial charge in [-0.1, -0.05) is 54.1 Å². The summed E-state index contributed by atoms with van der Waals surface area (Å²) in [6.07, 6.45) is 1.56. The largest absolute Gasteiger partial charge is 0.493 e. The molecule has 1 aliphatic rings. The van der Waals surface area contributed by atoms with Crippen molar-refractivity contribution in [3.63, 3.8) is 0 Å². The highest BCUT2D eigenvalue weighted by atomic mass is 32.2. The molecule has 0 bridgehead atoms. The van der Waals surface area contributed by atoms with Gasteiger partial charge in [0.25, 0.3) is 11.8 Å². The van der Waals surface area contributed by atoms with Crippen molar-refractivity contribution in [1.82, 2.24) is 5.43 Å². The van der Waals surface area contributed by atoms with E-state index in [1.807, 2.05) is 6.07 Å². The molecule has 0 radical (unpaired) electrons. The highest BCUT2D eigenvalue weighted by Crippen LogP contribution is 2.30. The summed E-state index contributed by atoms with van der Waals surface area (Å²) in [5, 5.41) is 1.25. The third-order valence-electron chi connectivity index (χ3n) is 5.28. The van der Waals surface area contributed by atoms with E-state index in [-0.39, 0.29) is 5.57 Å². The number of carbonyl (C=O) groups is 2. The monoisotopic (exact) mass is 474 g/mol. The van der Waals surface area contributed by atoms with Crippen molar-refractivity contribution in [1.29, 1.82) is 0 Å². The SMILES string of the molecule is COc1cc(/C=C2\C(=O)NN(c3ccccc3)C2=O)ccc1OCCSCc1ccc(C)cc1. The van der Waals surface area contributed by atoms with Crippen molar-refractivity contribution in [3.8, 4) is 11.5 Å². The van der Waals surface area contributed by atoms with Gasteiger partial charge in [0.2, 0.25) is 0 Å². The summed E-state index contributed by atoms with van der Waals surface area (Å²) in [6, 6.07) is 22.9. The van der Waals surface area contributed by atoms with Crippen LogP contribution in [0.5, 0.6) is 11.5 Å². The van der Waals surface area contributed by atoms with Gasteiger partial charge in [-0.3, -0.25) is 15.0 Å². The smallest absolute Gasteiger partial charge is 0.282 e. The van der Waals surface area contributed by atoms with Gasteiger partial charge in [0.15, 0.2) is 11.5 Å². The first kappa shape index (κ1) is 23.4. The van der Waals surface area contributed by atoms with Gasteiger partial charge in [0, 0.05) is 11.5 Å². The number of hydrogen-bond donors (Lipinski definition) is 1. The third kappa shape index (κ3) is 5.61. The second kappa shape index (κ2) is 10.9. The van der Waals surface area contributed by atoms with Crippen molar-refractivity contribution >= 4 is 35.3 Å². The number of para-hydroxylation sites is 1. The molecule has 0 aromatic heterocycles. The number of thioether (sulfide) groups is 1. The van der Waals surface area contributed by atoms with Crippen molar-refractivity contribution in [2.75, 3.05) is 24.5 Å². The topological polar surface area (TPSA) is 67.9 Å². The van der Waals surface area contributed by atoms with E-state index in [0.717, 1.165) is 11.5 Å². The van der Waals surface area contributed by atoms with Gasteiger partial charge in [0.05, 0.1) is 19.4 Å². The quantitative estimate of drug-likeness (QED) is 0.275. The normalized spacial score (nSPS) is 14.4. The van der Waals surface area contributed by atoms with E-state index in [1.54, 1.807) is 67.4 Å². The Morgan fingerprint density at radius 2 is 1.74 bits per heavy atom. The number of amides is 2. The lowest BCUT2D eigenvalue weighted by molar-refractivity contribution is -0.117. The molecule has 1 heterocycles. The highest BCUT2D eigenvalue weighted by molar-refractivity contribution is 7.98. The van der Waals surface area contributed by atoms with Gasteiger partial charge in [-0.05, 0) is 48.4 Å². The molecular formula is C27H26N2O4S. The maximum Gasteiger partial charge on any atom is 0.282 e. The van der Waals surface area contributed by atoms with Crippen molar-refractivity contribution in [2.24, 2.45) is 0 Å². The van der Waals surface area contributed by atoms with Crippen molar-refractivity contribution in [2.45, 2.75) is 12.7 Å². The van der Waals surface area contributed by atoms with Gasteiger partial charge >= 0.3 is 0 Å². The van der Waals surface area contributed by atoms with Gasteiger partial charge < -0.3 is 9.47 Å². The molecule has 7 heteroatoms. The number of nitrogens with zero attached hydrogens (tertiary/aromatic N) is 1. The number of rotatable bonds is 9. The molecule has 1 N–H and O–H groups in total. The number of ether oxygens (including phenoxy) is 2. The number of aryl methyl sites for hydroxylation is 1. The lowest BCUT2D eigenvalue weighted by atomic mass is 10.1. The van der Waals surface area contributed by atoms with E-state index in [4.69, 9.17) is 9.47 Å². The van der Waals surface area contributed by atoms with Gasteiger partial charge in [-0.15, -0.1) is 0 Å². The van der Waals surface area contributed by atoms with Crippen LogP contribution in [-0.2, 0) is 15.3 Å². The van der Waals surface area contributed by atoms with Crippen molar-refractivity contribution < 1.29 is 19.1 Å². The number of nitrogens with one attached hydrogen (secondary N) is 1. The minimum Gasteiger partial charge on any atom is -0.493 e. The van der Waals surface area contributed by atoms with Gasteiger partial charge in [-0.25, -0.2) is 5.01 Å². The Morgan fingerprint density at radius 3 is 2.47 bits per heavy atom. The lowest BCUT2D eigenvalue weighted by Gasteiger charge is -2.14. The molecule has 6 nitrogen and oxygen atoms in total. The molecule has 4 rings (SSSR count). The molecule has 1 fully saturated rings. The molecular weight excluding hydrogens is 448 g/mol. The van der Waals surface area contributed by atoms with Crippen LogP contribution in [0.3, 0.4) is 0 Å². The Balaban J connectivity index is 1.37. The van der Waals surface area contributed by atoms with Crippen LogP contribution in [0.25, 0.3) is 6.08 Å². The Morgan fingerprint density at radius 1 is 0.971 bits per heavy atom. The predicted molar refractivity (Wildman–Crippen MR) is 136 cm³/mol. The number of anilines is 1. The fourth-order valence-electron chi connectivity index (χ4n) is 3.46. The Kier molecular flexibility index (Phi) is 7.54. The van der Waals surface area contributed by atoms with Gasteiger partial charge in [-0.2, -0.15) is 11.8 Å². The van der Waals surface area contributed by atoms with E-state index in [9.17, 15) is 9.59 Å². The first-order valence-corrected chi connectivity index (χ1v) is 12.1. The summed E-state index contributed by atoms with van der Waals surface area (Å²) in [6.45, 7) is 2.62. The molecule has 1 saturated heterocycles. The molecule has 1 aliphatic heterocycles. The summed E-state index contributed by atoms with van der Waals surface area (Å²) in [7, 11) is 1.57. The van der Waals surface area contributed by atoms with Crippen LogP contribution in [-0.4, -0.2) is 31.3 Å². The van der Waals surface area contributed by atoms with E-state index < -0.39 is 11.8 Å². The lowest BCUT2D eigenvalue weighted by Crippen LogP contribution is -2.35. The number of benzene rings is 3. The van der Waals surface area contributed by atoms with Crippen LogP contribution >= 0.6 is 11.8 Å². The minimum absolute atomic E-state index is 0.0621. The maximum absolute atomic E-state index is 12.8. The minimum atomic E-state index is -0.446. The average molecular weight is 475 g/mol. The van der Waals surface area contributed by atoms with Crippen LogP contribution in [0.4, 0.5) is 5.69 Å². The number of methoxy groups -OCH3 is 1. The van der Waals surface area contributed by atoms with E-state index >= 15 is 0 Å². The molecule has 34 heavy (non-hydrogen) atoms. The standard InChI is InChI=1S/C27H26N2O4S/c1-19-8-10-20(11-9-19)18-34-15-14-33-24-13-12-21(17-25(24)32-2)16-23-26(30)28-29(27(23)31)22-6-4-3-5-7-22/h3-13,16-17H,14-15,18H2,1-2H3,(H,28,30)/b23-16+. The first-order chi connectivity index (χ1) is 16.5. The van der Waals surface area contributed by atoms with Crippen LogP contribution in [0.1, 0.15) is 16.7 Å². The fourth-order valence-corrected chi connectivity index (χ4v) is 4.23. The number of hydrazine groups is 1. The molecule has 174 valence electrons. The van der Waals surface area contributed by atoms with Gasteiger partial charge in [0.1, 0.15) is 5.57 Å². The van der Waals surface area contributed by atoms with E-state index in [0.29, 0.717) is 29.4 Å². The molecule has 0 unspecified atom stereocenters. The summed E-state index contributed by atoms with van der Waals surface area (Å²) < 4.78 is 11.4. The zero-order valence-corrected chi connectivity index (χ0v) is 19.9. The number of carbonyl (C=O) groups excluding carboxylic acids is 2. The fraction of sp³-hybridized carbons (Fsp3) is 0.185. The first-order valence-electron chi connectivity index (χ1n) is 10.9. The summed E-state index contributed by atoms with van der Waals surface area (Å²) in [5.74, 6) is 2.09. The highest BCUT2D eigenvalue weighted by Gasteiger charge is 2.34. The van der Waals surface area contributed by atoms with E-state index in [2.05, 4.69) is 36.6 Å². The Bertz CT molecular complexity index is 1190. The average Bonchev–Trinajstić information content (AvgIpc) is 3.14. The molecule has 0 aliphatic carbocycles. The summed E-state index contributed by atoms with van der Waals surface area (Å²) in [5.41, 5.74) is 6.49. The molecule has 0 saturated carbocycles. The maximum atomic E-state index is 12.8. The summed E-state index contributed by atoms with van der Waals surface area (Å²) in [4.78, 5) is 25.2. The Labute approximate surface area is 203 Å². The summed E-state index contributed by atoms with van der Waals surface area (Å²) >= 11 is 1.81.